The standard InChI is InChI=1S/C20H15ClN8O2/c1-29-10-12(8-23-29)18(30)24-13-4-2-3-11(7-13)19-26-20(28-31-19)25-16-6-5-15-14(17(16)21)9-22-27-15/h2-10H,1H3,(H,22,27)(H,24,30)(H,25,28). The van der Waals surface area contributed by atoms with Crippen molar-refractivity contribution in [3.8, 4) is 11.5 Å². The van der Waals surface area contributed by atoms with Gasteiger partial charge in [0.15, 0.2) is 0 Å². The number of rotatable bonds is 5. The largest absolute Gasteiger partial charge is 0.332 e. The molecule has 0 aliphatic rings. The van der Waals surface area contributed by atoms with Crippen LogP contribution in [0.4, 0.5) is 17.3 Å². The lowest BCUT2D eigenvalue weighted by Gasteiger charge is -2.05. The monoisotopic (exact) mass is 434 g/mol. The van der Waals surface area contributed by atoms with E-state index in [9.17, 15) is 4.79 Å². The first-order valence-corrected chi connectivity index (χ1v) is 9.57. The van der Waals surface area contributed by atoms with Crippen LogP contribution in [0.3, 0.4) is 0 Å². The Morgan fingerprint density at radius 2 is 2.13 bits per heavy atom. The molecule has 0 spiro atoms. The highest BCUT2D eigenvalue weighted by Crippen LogP contribution is 2.32. The van der Waals surface area contributed by atoms with E-state index in [1.165, 1.54) is 6.20 Å². The highest BCUT2D eigenvalue weighted by Gasteiger charge is 2.14. The highest BCUT2D eigenvalue weighted by atomic mass is 35.5. The summed E-state index contributed by atoms with van der Waals surface area (Å²) < 4.78 is 6.94. The molecule has 3 aromatic heterocycles. The molecule has 3 heterocycles. The van der Waals surface area contributed by atoms with Crippen molar-refractivity contribution >= 4 is 45.7 Å². The number of hydrogen-bond acceptors (Lipinski definition) is 7. The van der Waals surface area contributed by atoms with Crippen molar-refractivity contribution in [3.05, 3.63) is 65.6 Å². The number of halogens is 1. The van der Waals surface area contributed by atoms with Gasteiger partial charge < -0.3 is 15.2 Å². The minimum atomic E-state index is -0.262. The molecule has 5 rings (SSSR count). The average Bonchev–Trinajstić information content (AvgIpc) is 3.51. The second-order valence-corrected chi connectivity index (χ2v) is 7.12. The van der Waals surface area contributed by atoms with Gasteiger partial charge >= 0.3 is 0 Å². The number of aryl methyl sites for hydroxylation is 1. The minimum Gasteiger partial charge on any atom is -0.332 e. The van der Waals surface area contributed by atoms with E-state index in [-0.39, 0.29) is 11.9 Å². The van der Waals surface area contributed by atoms with Crippen LogP contribution in [0, 0.1) is 0 Å². The molecule has 0 aliphatic carbocycles. The molecule has 5 aromatic rings. The lowest BCUT2D eigenvalue weighted by Crippen LogP contribution is -2.11. The Kier molecular flexibility index (Phi) is 4.60. The Bertz CT molecular complexity index is 1400. The molecule has 0 bridgehead atoms. The third-order valence-electron chi connectivity index (χ3n) is 4.57. The summed E-state index contributed by atoms with van der Waals surface area (Å²) >= 11 is 6.42. The maximum Gasteiger partial charge on any atom is 0.268 e. The molecule has 10 nitrogen and oxygen atoms in total. The number of nitrogens with zero attached hydrogens (tertiary/aromatic N) is 5. The minimum absolute atomic E-state index is 0.254. The Morgan fingerprint density at radius 1 is 1.23 bits per heavy atom. The van der Waals surface area contributed by atoms with Crippen molar-refractivity contribution in [3.63, 3.8) is 0 Å². The van der Waals surface area contributed by atoms with Crippen LogP contribution in [0.15, 0.2) is 59.5 Å². The van der Waals surface area contributed by atoms with Gasteiger partial charge in [-0.1, -0.05) is 17.7 Å². The van der Waals surface area contributed by atoms with Gasteiger partial charge in [-0.15, -0.1) is 0 Å². The third kappa shape index (κ3) is 3.71. The molecular weight excluding hydrogens is 420 g/mol. The zero-order valence-corrected chi connectivity index (χ0v) is 16.9. The molecule has 0 saturated heterocycles. The summed E-state index contributed by atoms with van der Waals surface area (Å²) in [6, 6.07) is 10.8. The molecule has 0 radical (unpaired) electrons. The van der Waals surface area contributed by atoms with Gasteiger partial charge in [0, 0.05) is 29.9 Å². The van der Waals surface area contributed by atoms with Gasteiger partial charge in [0.25, 0.3) is 17.7 Å². The molecule has 0 saturated carbocycles. The number of nitrogens with one attached hydrogen (secondary N) is 3. The van der Waals surface area contributed by atoms with Crippen LogP contribution in [0.1, 0.15) is 10.4 Å². The van der Waals surface area contributed by atoms with Gasteiger partial charge in [0.1, 0.15) is 0 Å². The second kappa shape index (κ2) is 7.58. The van der Waals surface area contributed by atoms with Crippen LogP contribution >= 0.6 is 11.6 Å². The van der Waals surface area contributed by atoms with Crippen LogP contribution in [-0.2, 0) is 7.05 Å². The Labute approximate surface area is 180 Å². The summed E-state index contributed by atoms with van der Waals surface area (Å²) in [6.07, 6.45) is 4.79. The first kappa shape index (κ1) is 18.8. The fourth-order valence-electron chi connectivity index (χ4n) is 3.06. The maximum absolute atomic E-state index is 12.3. The van der Waals surface area contributed by atoms with E-state index < -0.39 is 0 Å². The quantitative estimate of drug-likeness (QED) is 0.381. The van der Waals surface area contributed by atoms with Crippen molar-refractivity contribution in [1.82, 2.24) is 30.1 Å². The lowest BCUT2D eigenvalue weighted by molar-refractivity contribution is 0.102. The number of amides is 1. The van der Waals surface area contributed by atoms with Crippen LogP contribution in [0.2, 0.25) is 5.02 Å². The summed E-state index contributed by atoms with van der Waals surface area (Å²) in [6.45, 7) is 0. The molecular formula is C20H15ClN8O2. The van der Waals surface area contributed by atoms with Crippen LogP contribution in [0.25, 0.3) is 22.4 Å². The highest BCUT2D eigenvalue weighted by molar-refractivity contribution is 6.38. The molecule has 1 amide bonds. The zero-order chi connectivity index (χ0) is 21.4. The van der Waals surface area contributed by atoms with Gasteiger partial charge in [-0.25, -0.2) is 0 Å². The number of H-pyrrole nitrogens is 1. The molecule has 0 unspecified atom stereocenters. The van der Waals surface area contributed by atoms with Crippen molar-refractivity contribution < 1.29 is 9.32 Å². The molecule has 31 heavy (non-hydrogen) atoms. The topological polar surface area (TPSA) is 127 Å². The van der Waals surface area contributed by atoms with Gasteiger partial charge in [-0.05, 0) is 35.5 Å². The van der Waals surface area contributed by atoms with Crippen LogP contribution in [-0.4, -0.2) is 36.0 Å². The van der Waals surface area contributed by atoms with E-state index in [0.717, 1.165) is 10.9 Å². The van der Waals surface area contributed by atoms with Crippen molar-refractivity contribution in [2.45, 2.75) is 0 Å². The van der Waals surface area contributed by atoms with E-state index in [2.05, 4.69) is 36.1 Å². The van der Waals surface area contributed by atoms with E-state index >= 15 is 0 Å². The van der Waals surface area contributed by atoms with Crippen LogP contribution in [0.5, 0.6) is 0 Å². The Hall–Kier alpha value is -4.18. The molecule has 11 heteroatoms. The van der Waals surface area contributed by atoms with E-state index in [4.69, 9.17) is 16.1 Å². The van der Waals surface area contributed by atoms with Gasteiger partial charge in [0.05, 0.1) is 34.2 Å². The first-order chi connectivity index (χ1) is 15.1. The molecule has 2 aromatic carbocycles. The molecule has 0 aliphatic heterocycles. The fraction of sp³-hybridized carbons (Fsp3) is 0.0500. The normalized spacial score (nSPS) is 11.0. The van der Waals surface area contributed by atoms with Crippen LogP contribution < -0.4 is 10.6 Å². The number of fused-ring (bicyclic) bond motifs is 1. The van der Waals surface area contributed by atoms with Crippen molar-refractivity contribution in [2.75, 3.05) is 10.6 Å². The van der Waals surface area contributed by atoms with Crippen molar-refractivity contribution in [2.24, 2.45) is 7.05 Å². The summed E-state index contributed by atoms with van der Waals surface area (Å²) in [7, 11) is 1.75. The summed E-state index contributed by atoms with van der Waals surface area (Å²) in [5.41, 5.74) is 3.16. The number of anilines is 3. The Balaban J connectivity index is 1.35. The summed E-state index contributed by atoms with van der Waals surface area (Å²) in [5.74, 6) is 0.285. The van der Waals surface area contributed by atoms with Gasteiger partial charge in [-0.2, -0.15) is 15.2 Å². The first-order valence-electron chi connectivity index (χ1n) is 9.19. The number of carbonyl (C=O) groups excluding carboxylic acids is 1. The number of aromatic nitrogens is 6. The molecule has 154 valence electrons. The number of hydrogen-bond donors (Lipinski definition) is 3. The van der Waals surface area contributed by atoms with E-state index in [1.54, 1.807) is 48.4 Å². The summed E-state index contributed by atoms with van der Waals surface area (Å²) in [5, 5.41) is 22.0. The zero-order valence-electron chi connectivity index (χ0n) is 16.1. The lowest BCUT2D eigenvalue weighted by atomic mass is 10.2. The summed E-state index contributed by atoms with van der Waals surface area (Å²) in [4.78, 5) is 16.7. The van der Waals surface area contributed by atoms with Gasteiger partial charge in [0.2, 0.25) is 0 Å². The SMILES string of the molecule is Cn1cc(C(=O)Nc2cccc(-c3nc(Nc4ccc5[nH]ncc5c4Cl)no3)c2)cn1. The number of carbonyl (C=O) groups is 1. The molecule has 0 atom stereocenters. The average molecular weight is 435 g/mol. The number of aromatic amines is 1. The predicted molar refractivity (Wildman–Crippen MR) is 115 cm³/mol. The maximum atomic E-state index is 12.3. The van der Waals surface area contributed by atoms with E-state index in [0.29, 0.717) is 33.4 Å². The third-order valence-corrected chi connectivity index (χ3v) is 4.97. The Morgan fingerprint density at radius 3 is 2.97 bits per heavy atom. The van der Waals surface area contributed by atoms with E-state index in [1.807, 2.05) is 12.1 Å². The van der Waals surface area contributed by atoms with Crippen molar-refractivity contribution in [1.29, 1.82) is 0 Å². The van der Waals surface area contributed by atoms with Gasteiger partial charge in [-0.3, -0.25) is 14.6 Å². The second-order valence-electron chi connectivity index (χ2n) is 6.74. The fourth-order valence-corrected chi connectivity index (χ4v) is 3.32. The molecule has 3 N–H and O–H groups in total. The number of benzene rings is 2. The molecule has 0 fully saturated rings. The smallest absolute Gasteiger partial charge is 0.268 e. The predicted octanol–water partition coefficient (Wildman–Crippen LogP) is 4.00.